The van der Waals surface area contributed by atoms with Crippen molar-refractivity contribution in [1.29, 1.82) is 0 Å². The zero-order valence-electron chi connectivity index (χ0n) is 17.8. The lowest BCUT2D eigenvalue weighted by atomic mass is 10.0. The molecule has 0 bridgehead atoms. The number of guanidine groups is 1. The number of ether oxygens (including phenoxy) is 1. The predicted molar refractivity (Wildman–Crippen MR) is 133 cm³/mol. The summed E-state index contributed by atoms with van der Waals surface area (Å²) in [5, 5.41) is 7.86. The Kier molecular flexibility index (Phi) is 10.7. The molecule has 1 saturated heterocycles. The minimum atomic E-state index is -2.80. The predicted octanol–water partition coefficient (Wildman–Crippen LogP) is 4.65. The number of benzene rings is 1. The van der Waals surface area contributed by atoms with E-state index in [1.54, 1.807) is 23.5 Å². The summed E-state index contributed by atoms with van der Waals surface area (Å²) in [7, 11) is 0. The number of nitrogens with zero attached hydrogens (tertiary/aromatic N) is 3. The van der Waals surface area contributed by atoms with Crippen LogP contribution in [0.4, 0.5) is 14.5 Å². The molecule has 172 valence electrons. The van der Waals surface area contributed by atoms with Crippen LogP contribution >= 0.6 is 35.3 Å². The van der Waals surface area contributed by atoms with Crippen molar-refractivity contribution < 1.29 is 13.5 Å². The Hall–Kier alpha value is -1.69. The quantitative estimate of drug-likeness (QED) is 0.277. The molecule has 1 aliphatic heterocycles. The fourth-order valence-corrected chi connectivity index (χ4v) is 4.20. The first-order chi connectivity index (χ1) is 14.6. The fourth-order valence-electron chi connectivity index (χ4n) is 3.41. The van der Waals surface area contributed by atoms with Crippen molar-refractivity contribution in [3.63, 3.8) is 0 Å². The second-order valence-electron chi connectivity index (χ2n) is 7.07. The summed E-state index contributed by atoms with van der Waals surface area (Å²) in [6.45, 7) is 4.46. The van der Waals surface area contributed by atoms with Crippen LogP contribution in [0.3, 0.4) is 0 Å². The third-order valence-corrected chi connectivity index (χ3v) is 5.98. The highest BCUT2D eigenvalue weighted by Gasteiger charge is 2.21. The van der Waals surface area contributed by atoms with Gasteiger partial charge in [-0.3, -0.25) is 0 Å². The summed E-state index contributed by atoms with van der Waals surface area (Å²) in [6, 6.07) is 7.07. The highest BCUT2D eigenvalue weighted by atomic mass is 127. The molecule has 2 N–H and O–H groups in total. The highest BCUT2D eigenvalue weighted by molar-refractivity contribution is 14.0. The molecule has 0 radical (unpaired) electrons. The zero-order chi connectivity index (χ0) is 21.3. The van der Waals surface area contributed by atoms with Crippen LogP contribution in [0.15, 0.2) is 35.5 Å². The fraction of sp³-hybridized carbons (Fsp3) is 0.524. The largest absolute Gasteiger partial charge is 0.435 e. The molecule has 2 heterocycles. The minimum Gasteiger partial charge on any atom is -0.435 e. The van der Waals surface area contributed by atoms with Crippen LogP contribution in [0.1, 0.15) is 36.6 Å². The van der Waals surface area contributed by atoms with Crippen LogP contribution in [0.2, 0.25) is 0 Å². The number of alkyl halides is 2. The van der Waals surface area contributed by atoms with Gasteiger partial charge in [-0.15, -0.1) is 35.3 Å². The number of aryl methyl sites for hydroxylation is 1. The van der Waals surface area contributed by atoms with Crippen LogP contribution in [-0.2, 0) is 13.0 Å². The van der Waals surface area contributed by atoms with Crippen LogP contribution in [0.25, 0.3) is 0 Å². The van der Waals surface area contributed by atoms with Crippen molar-refractivity contribution in [3.05, 3.63) is 40.3 Å². The van der Waals surface area contributed by atoms with E-state index in [-0.39, 0.29) is 35.8 Å². The number of thiazole rings is 1. The summed E-state index contributed by atoms with van der Waals surface area (Å²) >= 11 is 1.70. The van der Waals surface area contributed by atoms with E-state index in [9.17, 15) is 8.78 Å². The second-order valence-corrected chi connectivity index (χ2v) is 8.27. The molecular weight excluding hydrogens is 535 g/mol. The lowest BCUT2D eigenvalue weighted by Gasteiger charge is -2.35. The summed E-state index contributed by atoms with van der Waals surface area (Å²) in [5.74, 6) is 0.966. The summed E-state index contributed by atoms with van der Waals surface area (Å²) in [5.41, 5.74) is 1.000. The van der Waals surface area contributed by atoms with Crippen molar-refractivity contribution in [2.75, 3.05) is 24.5 Å². The number of halogens is 3. The molecule has 2 aromatic rings. The molecule has 0 aliphatic carbocycles. The van der Waals surface area contributed by atoms with Gasteiger partial charge < -0.3 is 20.3 Å². The molecule has 6 nitrogen and oxygen atoms in total. The van der Waals surface area contributed by atoms with Gasteiger partial charge in [0.05, 0.1) is 6.54 Å². The maximum atomic E-state index is 12.3. The Bertz CT molecular complexity index is 818. The van der Waals surface area contributed by atoms with E-state index in [0.717, 1.165) is 55.6 Å². The maximum Gasteiger partial charge on any atom is 0.387 e. The standard InChI is InChI=1S/C21H29F2N5OS.HI/c1-3-18-12-25-19(30-18)13-26-21(24-4-2)27-15-6-5-11-28(14-15)16-7-9-17(10-8-16)29-20(22)23;/h7-10,12,15,20H,3-6,11,13-14H2,1-2H3,(H2,24,26,27);1H. The van der Waals surface area contributed by atoms with Gasteiger partial charge in [-0.05, 0) is 50.5 Å². The first-order valence-corrected chi connectivity index (χ1v) is 11.2. The number of hydrogen-bond acceptors (Lipinski definition) is 5. The smallest absolute Gasteiger partial charge is 0.387 e. The molecular formula is C21H30F2IN5OS. The molecule has 3 rings (SSSR count). The van der Waals surface area contributed by atoms with Gasteiger partial charge in [0.2, 0.25) is 0 Å². The van der Waals surface area contributed by atoms with Gasteiger partial charge in [-0.1, -0.05) is 6.92 Å². The summed E-state index contributed by atoms with van der Waals surface area (Å²) in [4.78, 5) is 12.7. The lowest BCUT2D eigenvalue weighted by molar-refractivity contribution is -0.0498. The highest BCUT2D eigenvalue weighted by Crippen LogP contribution is 2.24. The van der Waals surface area contributed by atoms with E-state index in [1.807, 2.05) is 25.3 Å². The van der Waals surface area contributed by atoms with Crippen LogP contribution < -0.4 is 20.3 Å². The minimum absolute atomic E-state index is 0. The Labute approximate surface area is 203 Å². The van der Waals surface area contributed by atoms with Crippen molar-refractivity contribution >= 4 is 47.0 Å². The van der Waals surface area contributed by atoms with Gasteiger partial charge in [0.25, 0.3) is 0 Å². The molecule has 1 atom stereocenters. The van der Waals surface area contributed by atoms with Crippen molar-refractivity contribution in [2.24, 2.45) is 4.99 Å². The Morgan fingerprint density at radius 3 is 2.74 bits per heavy atom. The molecule has 0 amide bonds. The number of aromatic nitrogens is 1. The summed E-state index contributed by atoms with van der Waals surface area (Å²) < 4.78 is 29.1. The van der Waals surface area contributed by atoms with Crippen LogP contribution in [0, 0.1) is 0 Å². The van der Waals surface area contributed by atoms with Crippen molar-refractivity contribution in [2.45, 2.75) is 52.3 Å². The number of piperidine rings is 1. The van der Waals surface area contributed by atoms with E-state index in [2.05, 4.69) is 32.2 Å². The van der Waals surface area contributed by atoms with E-state index < -0.39 is 6.61 Å². The number of nitrogens with one attached hydrogen (secondary N) is 2. The normalized spacial score (nSPS) is 16.7. The average Bonchev–Trinajstić information content (AvgIpc) is 3.21. The molecule has 0 spiro atoms. The number of aliphatic imine (C=N–C) groups is 1. The van der Waals surface area contributed by atoms with Gasteiger partial charge in [0.1, 0.15) is 10.8 Å². The Morgan fingerprint density at radius 1 is 1.32 bits per heavy atom. The van der Waals surface area contributed by atoms with Gasteiger partial charge in [0, 0.05) is 42.4 Å². The van der Waals surface area contributed by atoms with Gasteiger partial charge in [0.15, 0.2) is 5.96 Å². The molecule has 1 aromatic carbocycles. The molecule has 1 aromatic heterocycles. The Balaban J connectivity index is 0.00000341. The van der Waals surface area contributed by atoms with E-state index in [0.29, 0.717) is 6.54 Å². The first-order valence-electron chi connectivity index (χ1n) is 10.4. The molecule has 31 heavy (non-hydrogen) atoms. The maximum absolute atomic E-state index is 12.3. The molecule has 1 unspecified atom stereocenters. The van der Waals surface area contributed by atoms with Gasteiger partial charge in [-0.25, -0.2) is 9.98 Å². The topological polar surface area (TPSA) is 61.8 Å². The lowest BCUT2D eigenvalue weighted by Crippen LogP contribution is -2.51. The van der Waals surface area contributed by atoms with E-state index in [1.165, 1.54) is 4.88 Å². The van der Waals surface area contributed by atoms with Crippen molar-refractivity contribution in [3.8, 4) is 5.75 Å². The summed E-state index contributed by atoms with van der Waals surface area (Å²) in [6.07, 6.45) is 5.00. The van der Waals surface area contributed by atoms with Crippen molar-refractivity contribution in [1.82, 2.24) is 15.6 Å². The third kappa shape index (κ3) is 8.06. The molecule has 0 saturated carbocycles. The molecule has 10 heteroatoms. The molecule has 1 fully saturated rings. The van der Waals surface area contributed by atoms with Gasteiger partial charge in [-0.2, -0.15) is 8.78 Å². The van der Waals surface area contributed by atoms with E-state index >= 15 is 0 Å². The monoisotopic (exact) mass is 565 g/mol. The zero-order valence-corrected chi connectivity index (χ0v) is 21.0. The van der Waals surface area contributed by atoms with E-state index in [4.69, 9.17) is 4.99 Å². The number of anilines is 1. The van der Waals surface area contributed by atoms with Crippen LogP contribution in [-0.4, -0.2) is 43.2 Å². The van der Waals surface area contributed by atoms with Crippen LogP contribution in [0.5, 0.6) is 5.75 Å². The second kappa shape index (κ2) is 13.0. The first kappa shape index (κ1) is 25.6. The number of rotatable bonds is 8. The Morgan fingerprint density at radius 2 is 2.10 bits per heavy atom. The SMILES string of the molecule is CCNC(=NCc1ncc(CC)s1)NC1CCCN(c2ccc(OC(F)F)cc2)C1.I. The number of hydrogen-bond donors (Lipinski definition) is 2. The molecule has 1 aliphatic rings. The third-order valence-electron chi connectivity index (χ3n) is 4.86. The average molecular weight is 565 g/mol. The van der Waals surface area contributed by atoms with Gasteiger partial charge >= 0.3 is 6.61 Å².